The van der Waals surface area contributed by atoms with Gasteiger partial charge in [-0.05, 0) is 12.5 Å². The van der Waals surface area contributed by atoms with Gasteiger partial charge in [0.15, 0.2) is 0 Å². The fraction of sp³-hybridized carbons (Fsp3) is 0.400. The summed E-state index contributed by atoms with van der Waals surface area (Å²) in [7, 11) is 5.31. The Labute approximate surface area is 79.3 Å². The summed E-state index contributed by atoms with van der Waals surface area (Å²) >= 11 is 0. The molecule has 0 saturated heterocycles. The first kappa shape index (κ1) is 10.1. The number of halogens is 1. The molecule has 1 rings (SSSR count). The Morgan fingerprint density at radius 1 is 1.46 bits per heavy atom. The molecule has 0 fully saturated rings. The molecular weight excluding hydrogens is 166 g/mol. The highest BCUT2D eigenvalue weighted by molar-refractivity contribution is 6.32. The van der Waals surface area contributed by atoms with Gasteiger partial charge in [-0.3, -0.25) is 0 Å². The average molecular weight is 178 g/mol. The van der Waals surface area contributed by atoms with E-state index in [0.29, 0.717) is 12.4 Å². The first-order chi connectivity index (χ1) is 6.24. The monoisotopic (exact) mass is 178 g/mol. The van der Waals surface area contributed by atoms with E-state index in [9.17, 15) is 4.39 Å². The third-order valence-corrected chi connectivity index (χ3v) is 1.74. The van der Waals surface area contributed by atoms with E-state index >= 15 is 0 Å². The van der Waals surface area contributed by atoms with E-state index in [4.69, 9.17) is 12.6 Å². The van der Waals surface area contributed by atoms with Crippen molar-refractivity contribution < 1.29 is 9.13 Å². The van der Waals surface area contributed by atoms with Gasteiger partial charge in [0.25, 0.3) is 0 Å². The number of hydrogen-bond acceptors (Lipinski definition) is 1. The number of benzene rings is 1. The highest BCUT2D eigenvalue weighted by Gasteiger charge is 1.98. The van der Waals surface area contributed by atoms with Crippen molar-refractivity contribution in [1.29, 1.82) is 0 Å². The molecular formula is C10H12BFO. The molecule has 0 unspecified atom stereocenters. The Balaban J connectivity index is 2.53. The van der Waals surface area contributed by atoms with E-state index in [1.165, 1.54) is 12.1 Å². The van der Waals surface area contributed by atoms with Crippen molar-refractivity contribution in [3.8, 4) is 5.75 Å². The average Bonchev–Trinajstić information content (AvgIpc) is 2.12. The molecule has 0 aromatic heterocycles. The molecule has 0 N–H and O–H groups in total. The predicted molar refractivity (Wildman–Crippen MR) is 52.2 cm³/mol. The third kappa shape index (κ3) is 3.09. The first-order valence-corrected chi connectivity index (χ1v) is 4.42. The fourth-order valence-corrected chi connectivity index (χ4v) is 0.932. The lowest BCUT2D eigenvalue weighted by Gasteiger charge is -2.05. The highest BCUT2D eigenvalue weighted by Crippen LogP contribution is 2.10. The number of rotatable bonds is 4. The summed E-state index contributed by atoms with van der Waals surface area (Å²) < 4.78 is 18.2. The van der Waals surface area contributed by atoms with Gasteiger partial charge in [0.05, 0.1) is 6.61 Å². The van der Waals surface area contributed by atoms with Crippen LogP contribution >= 0.6 is 0 Å². The van der Waals surface area contributed by atoms with Crippen LogP contribution in [0, 0.1) is 5.82 Å². The van der Waals surface area contributed by atoms with Crippen LogP contribution in [0.4, 0.5) is 4.39 Å². The van der Waals surface area contributed by atoms with Crippen LogP contribution in [0.25, 0.3) is 0 Å². The zero-order valence-electron chi connectivity index (χ0n) is 7.72. The second-order valence-electron chi connectivity index (χ2n) is 2.89. The predicted octanol–water partition coefficient (Wildman–Crippen LogP) is 1.80. The van der Waals surface area contributed by atoms with E-state index in [1.807, 2.05) is 0 Å². The van der Waals surface area contributed by atoms with Crippen molar-refractivity contribution in [2.24, 2.45) is 0 Å². The van der Waals surface area contributed by atoms with Crippen LogP contribution in [0.1, 0.15) is 19.8 Å². The standard InChI is InChI=1S/C10H12BFO/c1-2-3-6-13-8-4-5-9(11)10(12)7-8/h4-5,7H,2-3,6H2,1H3. The topological polar surface area (TPSA) is 9.23 Å². The Bertz CT molecular complexity index is 276. The molecule has 2 radical (unpaired) electrons. The lowest BCUT2D eigenvalue weighted by molar-refractivity contribution is 0.308. The van der Waals surface area contributed by atoms with E-state index in [1.54, 1.807) is 6.07 Å². The van der Waals surface area contributed by atoms with Gasteiger partial charge in [0, 0.05) is 6.07 Å². The van der Waals surface area contributed by atoms with Crippen LogP contribution in [-0.4, -0.2) is 14.5 Å². The van der Waals surface area contributed by atoms with Crippen molar-refractivity contribution in [3.63, 3.8) is 0 Å². The molecule has 0 aliphatic rings. The van der Waals surface area contributed by atoms with Gasteiger partial charge in [-0.25, -0.2) is 4.39 Å². The Kier molecular flexibility index (Phi) is 3.81. The van der Waals surface area contributed by atoms with Crippen molar-refractivity contribution in [1.82, 2.24) is 0 Å². The molecule has 0 saturated carbocycles. The van der Waals surface area contributed by atoms with Gasteiger partial charge in [-0.15, -0.1) is 0 Å². The maximum atomic E-state index is 12.9. The molecule has 0 atom stereocenters. The van der Waals surface area contributed by atoms with Crippen molar-refractivity contribution in [3.05, 3.63) is 24.0 Å². The molecule has 1 nitrogen and oxygen atoms in total. The molecule has 0 heterocycles. The quantitative estimate of drug-likeness (QED) is 0.504. The van der Waals surface area contributed by atoms with Gasteiger partial charge in [-0.2, -0.15) is 0 Å². The van der Waals surface area contributed by atoms with Gasteiger partial charge >= 0.3 is 0 Å². The van der Waals surface area contributed by atoms with Crippen LogP contribution in [0.5, 0.6) is 5.75 Å². The Morgan fingerprint density at radius 2 is 2.23 bits per heavy atom. The maximum Gasteiger partial charge on any atom is 0.122 e. The van der Waals surface area contributed by atoms with Gasteiger partial charge in [0.2, 0.25) is 0 Å². The number of ether oxygens (including phenoxy) is 1. The van der Waals surface area contributed by atoms with Crippen LogP contribution in [0.15, 0.2) is 18.2 Å². The van der Waals surface area contributed by atoms with E-state index < -0.39 is 5.82 Å². The molecule has 13 heavy (non-hydrogen) atoms. The fourth-order valence-electron chi connectivity index (χ4n) is 0.932. The largest absolute Gasteiger partial charge is 0.493 e. The molecule has 0 amide bonds. The Hall–Kier alpha value is -0.985. The summed E-state index contributed by atoms with van der Waals surface area (Å²) in [6.45, 7) is 2.70. The Morgan fingerprint density at radius 3 is 2.85 bits per heavy atom. The summed E-state index contributed by atoms with van der Waals surface area (Å²) in [5, 5.41) is 0. The number of hydrogen-bond donors (Lipinski definition) is 0. The third-order valence-electron chi connectivity index (χ3n) is 1.74. The molecule has 68 valence electrons. The van der Waals surface area contributed by atoms with Crippen LogP contribution in [-0.2, 0) is 0 Å². The smallest absolute Gasteiger partial charge is 0.122 e. The second kappa shape index (κ2) is 4.90. The molecule has 0 bridgehead atoms. The molecule has 0 aliphatic carbocycles. The van der Waals surface area contributed by atoms with Gasteiger partial charge in [0.1, 0.15) is 19.4 Å². The molecule has 1 aromatic carbocycles. The lowest BCUT2D eigenvalue weighted by atomic mass is 9.96. The second-order valence-corrected chi connectivity index (χ2v) is 2.89. The summed E-state index contributed by atoms with van der Waals surface area (Å²) in [6.07, 6.45) is 2.05. The SMILES string of the molecule is [B]c1ccc(OCCCC)cc1F. The summed E-state index contributed by atoms with van der Waals surface area (Å²) in [4.78, 5) is 0. The summed E-state index contributed by atoms with van der Waals surface area (Å²) in [5.41, 5.74) is 0.155. The number of unbranched alkanes of at least 4 members (excludes halogenated alkanes) is 1. The van der Waals surface area contributed by atoms with Gasteiger partial charge < -0.3 is 4.74 Å². The summed E-state index contributed by atoms with van der Waals surface area (Å²) in [5.74, 6) is 0.120. The summed E-state index contributed by atoms with van der Waals surface area (Å²) in [6, 6.07) is 4.50. The zero-order valence-corrected chi connectivity index (χ0v) is 7.72. The minimum atomic E-state index is -0.422. The van der Waals surface area contributed by atoms with Crippen LogP contribution < -0.4 is 10.2 Å². The van der Waals surface area contributed by atoms with Gasteiger partial charge in [-0.1, -0.05) is 24.9 Å². The molecule has 0 spiro atoms. The maximum absolute atomic E-state index is 12.9. The highest BCUT2D eigenvalue weighted by atomic mass is 19.1. The van der Waals surface area contributed by atoms with Crippen LogP contribution in [0.2, 0.25) is 0 Å². The van der Waals surface area contributed by atoms with E-state index in [2.05, 4.69) is 6.92 Å². The minimum absolute atomic E-state index is 0.155. The van der Waals surface area contributed by atoms with Crippen LogP contribution in [0.3, 0.4) is 0 Å². The molecule has 3 heteroatoms. The van der Waals surface area contributed by atoms with Crippen molar-refractivity contribution in [2.45, 2.75) is 19.8 Å². The van der Waals surface area contributed by atoms with Crippen molar-refractivity contribution >= 4 is 13.3 Å². The zero-order chi connectivity index (χ0) is 9.68. The first-order valence-electron chi connectivity index (χ1n) is 4.42. The van der Waals surface area contributed by atoms with E-state index in [-0.39, 0.29) is 5.46 Å². The lowest BCUT2D eigenvalue weighted by Crippen LogP contribution is -2.08. The van der Waals surface area contributed by atoms with E-state index in [0.717, 1.165) is 12.8 Å². The molecule has 1 aromatic rings. The van der Waals surface area contributed by atoms with Crippen molar-refractivity contribution in [2.75, 3.05) is 6.61 Å². The minimum Gasteiger partial charge on any atom is -0.493 e. The molecule has 0 aliphatic heterocycles. The normalized spacial score (nSPS) is 10.0.